The van der Waals surface area contributed by atoms with Crippen LogP contribution in [0.2, 0.25) is 0 Å². The topological polar surface area (TPSA) is 23.5 Å². The largest absolute Gasteiger partial charge is 0.508 e. The molecule has 0 heterocycles. The lowest BCUT2D eigenvalue weighted by Gasteiger charge is -2.20. The van der Waals surface area contributed by atoms with E-state index in [-0.39, 0.29) is 0 Å². The maximum Gasteiger partial charge on any atom is 0.120 e. The van der Waals surface area contributed by atoms with E-state index in [4.69, 9.17) is 0 Å². The van der Waals surface area contributed by atoms with Gasteiger partial charge in [-0.1, -0.05) is 54.6 Å². The lowest BCUT2D eigenvalue weighted by Crippen LogP contribution is -2.18. The van der Waals surface area contributed by atoms with Crippen LogP contribution in [0.15, 0.2) is 60.7 Å². The predicted molar refractivity (Wildman–Crippen MR) is 92.0 cm³/mol. The standard InChI is InChI=1S/C20H21NO/c1-15-7-3-4-9-17(15)13-21(2)14-19-18-10-6-5-8-16(18)11-12-20(19)22/h3-12,22H,13-14H2,1-2H3. The van der Waals surface area contributed by atoms with Crippen molar-refractivity contribution in [1.29, 1.82) is 0 Å². The second-order valence-electron chi connectivity index (χ2n) is 5.88. The van der Waals surface area contributed by atoms with E-state index in [1.54, 1.807) is 6.07 Å². The van der Waals surface area contributed by atoms with E-state index < -0.39 is 0 Å². The predicted octanol–water partition coefficient (Wildman–Crippen LogP) is 4.49. The molecule has 112 valence electrons. The van der Waals surface area contributed by atoms with Crippen LogP contribution in [0, 0.1) is 6.92 Å². The molecule has 0 aromatic heterocycles. The zero-order valence-electron chi connectivity index (χ0n) is 13.1. The molecule has 1 N–H and O–H groups in total. The van der Waals surface area contributed by atoms with Crippen molar-refractivity contribution in [2.75, 3.05) is 7.05 Å². The van der Waals surface area contributed by atoms with Crippen LogP contribution in [-0.2, 0) is 13.1 Å². The van der Waals surface area contributed by atoms with Gasteiger partial charge in [-0.3, -0.25) is 4.90 Å². The fraction of sp³-hybridized carbons (Fsp3) is 0.200. The summed E-state index contributed by atoms with van der Waals surface area (Å²) in [5.41, 5.74) is 3.62. The molecule has 22 heavy (non-hydrogen) atoms. The molecule has 2 heteroatoms. The van der Waals surface area contributed by atoms with Gasteiger partial charge >= 0.3 is 0 Å². The minimum absolute atomic E-state index is 0.371. The molecule has 0 amide bonds. The summed E-state index contributed by atoms with van der Waals surface area (Å²) in [7, 11) is 2.09. The smallest absolute Gasteiger partial charge is 0.120 e. The van der Waals surface area contributed by atoms with Gasteiger partial charge in [0.1, 0.15) is 5.75 Å². The summed E-state index contributed by atoms with van der Waals surface area (Å²) in [4.78, 5) is 2.24. The van der Waals surface area contributed by atoms with Crippen molar-refractivity contribution in [2.45, 2.75) is 20.0 Å². The van der Waals surface area contributed by atoms with Crippen molar-refractivity contribution in [3.63, 3.8) is 0 Å². The number of nitrogens with zero attached hydrogens (tertiary/aromatic N) is 1. The van der Waals surface area contributed by atoms with E-state index in [2.05, 4.69) is 55.3 Å². The molecule has 0 aliphatic rings. The van der Waals surface area contributed by atoms with Crippen LogP contribution in [0.1, 0.15) is 16.7 Å². The van der Waals surface area contributed by atoms with E-state index in [0.717, 1.165) is 24.0 Å². The maximum atomic E-state index is 10.3. The van der Waals surface area contributed by atoms with Crippen molar-refractivity contribution >= 4 is 10.8 Å². The average molecular weight is 291 g/mol. The third-order valence-electron chi connectivity index (χ3n) is 4.15. The molecule has 3 rings (SSSR count). The maximum absolute atomic E-state index is 10.3. The Kier molecular flexibility index (Phi) is 4.12. The molecule has 2 nitrogen and oxygen atoms in total. The number of phenolic OH excluding ortho intramolecular Hbond substituents is 1. The van der Waals surface area contributed by atoms with E-state index in [0.29, 0.717) is 5.75 Å². The molecule has 0 spiro atoms. The lowest BCUT2D eigenvalue weighted by molar-refractivity contribution is 0.313. The number of hydrogen-bond donors (Lipinski definition) is 1. The second kappa shape index (κ2) is 6.20. The Morgan fingerprint density at radius 1 is 0.864 bits per heavy atom. The Morgan fingerprint density at radius 3 is 2.41 bits per heavy atom. The van der Waals surface area contributed by atoms with Crippen LogP contribution in [0.4, 0.5) is 0 Å². The van der Waals surface area contributed by atoms with Crippen molar-refractivity contribution in [3.8, 4) is 5.75 Å². The third-order valence-corrected chi connectivity index (χ3v) is 4.15. The van der Waals surface area contributed by atoms with Crippen LogP contribution in [-0.4, -0.2) is 17.1 Å². The van der Waals surface area contributed by atoms with Gasteiger partial charge in [-0.25, -0.2) is 0 Å². The summed E-state index contributed by atoms with van der Waals surface area (Å²) in [5, 5.41) is 12.5. The first kappa shape index (κ1) is 14.6. The van der Waals surface area contributed by atoms with Gasteiger partial charge in [0.2, 0.25) is 0 Å². The zero-order valence-corrected chi connectivity index (χ0v) is 13.1. The molecular weight excluding hydrogens is 270 g/mol. The number of benzene rings is 3. The molecule has 0 aliphatic carbocycles. The van der Waals surface area contributed by atoms with E-state index in [1.807, 2.05) is 18.2 Å². The third kappa shape index (κ3) is 2.97. The normalized spacial score (nSPS) is 11.2. The van der Waals surface area contributed by atoms with Crippen LogP contribution < -0.4 is 0 Å². The fourth-order valence-electron chi connectivity index (χ4n) is 2.89. The monoisotopic (exact) mass is 291 g/mol. The first-order chi connectivity index (χ1) is 10.6. The highest BCUT2D eigenvalue weighted by Crippen LogP contribution is 2.28. The van der Waals surface area contributed by atoms with Crippen molar-refractivity contribution in [1.82, 2.24) is 4.90 Å². The minimum atomic E-state index is 0.371. The molecule has 3 aromatic rings. The van der Waals surface area contributed by atoms with Crippen LogP contribution >= 0.6 is 0 Å². The Labute approximate surface area is 131 Å². The number of phenols is 1. The highest BCUT2D eigenvalue weighted by Gasteiger charge is 2.10. The summed E-state index contributed by atoms with van der Waals surface area (Å²) < 4.78 is 0. The molecule has 0 unspecified atom stereocenters. The first-order valence-corrected chi connectivity index (χ1v) is 7.58. The summed E-state index contributed by atoms with van der Waals surface area (Å²) in [5.74, 6) is 0.371. The fourth-order valence-corrected chi connectivity index (χ4v) is 2.89. The van der Waals surface area contributed by atoms with Gasteiger partial charge in [0.15, 0.2) is 0 Å². The zero-order chi connectivity index (χ0) is 15.5. The quantitative estimate of drug-likeness (QED) is 0.766. The van der Waals surface area contributed by atoms with Gasteiger partial charge < -0.3 is 5.11 Å². The molecule has 0 bridgehead atoms. The number of aryl methyl sites for hydroxylation is 1. The molecule has 0 atom stereocenters. The lowest BCUT2D eigenvalue weighted by atomic mass is 10.0. The van der Waals surface area contributed by atoms with Gasteiger partial charge in [-0.15, -0.1) is 0 Å². The SMILES string of the molecule is Cc1ccccc1CN(C)Cc1c(O)ccc2ccccc12. The highest BCUT2D eigenvalue weighted by molar-refractivity contribution is 5.87. The number of fused-ring (bicyclic) bond motifs is 1. The summed E-state index contributed by atoms with van der Waals surface area (Å²) in [6, 6.07) is 20.4. The van der Waals surface area contributed by atoms with Gasteiger partial charge in [0.25, 0.3) is 0 Å². The molecule has 3 aromatic carbocycles. The number of hydrogen-bond acceptors (Lipinski definition) is 2. The Balaban J connectivity index is 1.87. The van der Waals surface area contributed by atoms with Crippen LogP contribution in [0.3, 0.4) is 0 Å². The van der Waals surface area contributed by atoms with Crippen molar-refractivity contribution < 1.29 is 5.11 Å². The second-order valence-corrected chi connectivity index (χ2v) is 5.88. The first-order valence-electron chi connectivity index (χ1n) is 7.58. The van der Waals surface area contributed by atoms with E-state index in [9.17, 15) is 5.11 Å². The minimum Gasteiger partial charge on any atom is -0.508 e. The summed E-state index contributed by atoms with van der Waals surface area (Å²) >= 11 is 0. The van der Waals surface area contributed by atoms with Crippen molar-refractivity contribution in [2.24, 2.45) is 0 Å². The number of rotatable bonds is 4. The summed E-state index contributed by atoms with van der Waals surface area (Å²) in [6.07, 6.45) is 0. The Bertz CT molecular complexity index is 795. The van der Waals surface area contributed by atoms with Crippen LogP contribution in [0.5, 0.6) is 5.75 Å². The van der Waals surface area contributed by atoms with Gasteiger partial charge in [-0.2, -0.15) is 0 Å². The van der Waals surface area contributed by atoms with E-state index in [1.165, 1.54) is 16.5 Å². The number of aromatic hydroxyl groups is 1. The molecule has 0 aliphatic heterocycles. The van der Waals surface area contributed by atoms with Gasteiger partial charge in [-0.05, 0) is 41.9 Å². The molecule has 0 saturated heterocycles. The Hall–Kier alpha value is -2.32. The Morgan fingerprint density at radius 2 is 1.59 bits per heavy atom. The average Bonchev–Trinajstić information content (AvgIpc) is 2.52. The molecular formula is C20H21NO. The van der Waals surface area contributed by atoms with Crippen molar-refractivity contribution in [3.05, 3.63) is 77.4 Å². The van der Waals surface area contributed by atoms with Crippen LogP contribution in [0.25, 0.3) is 10.8 Å². The molecule has 0 fully saturated rings. The summed E-state index contributed by atoms with van der Waals surface area (Å²) in [6.45, 7) is 3.73. The van der Waals surface area contributed by atoms with Gasteiger partial charge in [0, 0.05) is 18.7 Å². The molecule has 0 radical (unpaired) electrons. The highest BCUT2D eigenvalue weighted by atomic mass is 16.3. The molecule has 0 saturated carbocycles. The van der Waals surface area contributed by atoms with E-state index >= 15 is 0 Å². The van der Waals surface area contributed by atoms with Gasteiger partial charge in [0.05, 0.1) is 0 Å².